The Morgan fingerprint density at radius 2 is 2.06 bits per heavy atom. The molecular weight excluding hydrogens is 204 g/mol. The van der Waals surface area contributed by atoms with Crippen molar-refractivity contribution < 1.29 is 4.79 Å². The first-order valence-electron chi connectivity index (χ1n) is 5.51. The molecule has 5 heteroatoms. The van der Waals surface area contributed by atoms with Gasteiger partial charge < -0.3 is 11.1 Å². The lowest BCUT2D eigenvalue weighted by atomic mass is 10.0. The summed E-state index contributed by atoms with van der Waals surface area (Å²) in [5.41, 5.74) is 5.65. The average Bonchev–Trinajstić information content (AvgIpc) is 2.65. The van der Waals surface area contributed by atoms with Gasteiger partial charge in [0, 0.05) is 5.54 Å². The van der Waals surface area contributed by atoms with E-state index in [4.69, 9.17) is 5.73 Å². The highest BCUT2D eigenvalue weighted by atomic mass is 16.2. The van der Waals surface area contributed by atoms with Gasteiger partial charge in [-0.2, -0.15) is 0 Å². The Balaban J connectivity index is 2.05. The van der Waals surface area contributed by atoms with E-state index < -0.39 is 0 Å². The van der Waals surface area contributed by atoms with Crippen molar-refractivity contribution in [3.8, 4) is 0 Å². The Bertz CT molecular complexity index is 381. The molecule has 3 N–H and O–H groups in total. The third-order valence-corrected chi connectivity index (χ3v) is 3.04. The van der Waals surface area contributed by atoms with Gasteiger partial charge in [0.1, 0.15) is 5.82 Å². The van der Waals surface area contributed by atoms with Crippen LogP contribution in [0.2, 0.25) is 0 Å². The second kappa shape index (κ2) is 4.08. The second-order valence-electron chi connectivity index (χ2n) is 4.57. The lowest BCUT2D eigenvalue weighted by Crippen LogP contribution is -2.43. The van der Waals surface area contributed by atoms with Gasteiger partial charge >= 0.3 is 0 Å². The van der Waals surface area contributed by atoms with Gasteiger partial charge in [0.05, 0.1) is 0 Å². The minimum Gasteiger partial charge on any atom is -0.382 e. The van der Waals surface area contributed by atoms with Gasteiger partial charge in [-0.05, 0) is 31.9 Å². The quantitative estimate of drug-likeness (QED) is 0.782. The van der Waals surface area contributed by atoms with Crippen molar-refractivity contribution in [3.63, 3.8) is 0 Å². The first kappa shape index (κ1) is 10.9. The molecule has 0 radical (unpaired) electrons. The maximum atomic E-state index is 11.9. The summed E-state index contributed by atoms with van der Waals surface area (Å²) < 4.78 is 0. The Kier molecular flexibility index (Phi) is 2.77. The van der Waals surface area contributed by atoms with Crippen LogP contribution in [-0.4, -0.2) is 21.6 Å². The number of aromatic nitrogens is 2. The van der Waals surface area contributed by atoms with Crippen LogP contribution in [0.15, 0.2) is 12.1 Å². The molecule has 1 saturated carbocycles. The van der Waals surface area contributed by atoms with Crippen LogP contribution < -0.4 is 11.1 Å². The zero-order valence-corrected chi connectivity index (χ0v) is 9.36. The zero-order valence-electron chi connectivity index (χ0n) is 9.36. The lowest BCUT2D eigenvalue weighted by Gasteiger charge is -2.24. The molecule has 0 aliphatic heterocycles. The van der Waals surface area contributed by atoms with Crippen LogP contribution >= 0.6 is 0 Å². The normalized spacial score (nSPS) is 18.3. The molecule has 0 unspecified atom stereocenters. The number of nitrogens with zero attached hydrogens (tertiary/aromatic N) is 2. The molecule has 1 aliphatic carbocycles. The highest BCUT2D eigenvalue weighted by Crippen LogP contribution is 2.28. The summed E-state index contributed by atoms with van der Waals surface area (Å²) in [6.45, 7) is 2.07. The maximum Gasteiger partial charge on any atom is 0.272 e. The fraction of sp³-hybridized carbons (Fsp3) is 0.545. The fourth-order valence-electron chi connectivity index (χ4n) is 2.08. The molecular formula is C11H16N4O. The third kappa shape index (κ3) is 2.29. The van der Waals surface area contributed by atoms with Crippen molar-refractivity contribution >= 4 is 11.7 Å². The molecule has 0 spiro atoms. The average molecular weight is 220 g/mol. The van der Waals surface area contributed by atoms with E-state index in [-0.39, 0.29) is 11.4 Å². The molecule has 1 heterocycles. The summed E-state index contributed by atoms with van der Waals surface area (Å²) in [6.07, 6.45) is 4.40. The number of nitrogen functional groups attached to an aromatic ring is 1. The second-order valence-corrected chi connectivity index (χ2v) is 4.57. The molecule has 1 aromatic rings. The number of nitrogens with one attached hydrogen (secondary N) is 1. The smallest absolute Gasteiger partial charge is 0.272 e. The van der Waals surface area contributed by atoms with Gasteiger partial charge in [-0.1, -0.05) is 12.8 Å². The SMILES string of the molecule is CC1(NC(=O)c2ccc(N)nn2)CCCC1. The summed E-state index contributed by atoms with van der Waals surface area (Å²) in [6, 6.07) is 3.18. The molecule has 0 aromatic carbocycles. The number of rotatable bonds is 2. The molecule has 86 valence electrons. The van der Waals surface area contributed by atoms with E-state index in [1.54, 1.807) is 12.1 Å². The van der Waals surface area contributed by atoms with Crippen LogP contribution in [0.4, 0.5) is 5.82 Å². The molecule has 5 nitrogen and oxygen atoms in total. The summed E-state index contributed by atoms with van der Waals surface area (Å²) in [5.74, 6) is 0.153. The molecule has 2 rings (SSSR count). The van der Waals surface area contributed by atoms with Gasteiger partial charge in [0.15, 0.2) is 5.69 Å². The summed E-state index contributed by atoms with van der Waals surface area (Å²) >= 11 is 0. The monoisotopic (exact) mass is 220 g/mol. The summed E-state index contributed by atoms with van der Waals surface area (Å²) in [4.78, 5) is 11.9. The van der Waals surface area contributed by atoms with Crippen molar-refractivity contribution in [3.05, 3.63) is 17.8 Å². The topological polar surface area (TPSA) is 80.9 Å². The van der Waals surface area contributed by atoms with E-state index in [1.807, 2.05) is 0 Å². The zero-order chi connectivity index (χ0) is 11.6. The van der Waals surface area contributed by atoms with Gasteiger partial charge in [-0.15, -0.1) is 10.2 Å². The van der Waals surface area contributed by atoms with Crippen molar-refractivity contribution in [2.45, 2.75) is 38.1 Å². The molecule has 16 heavy (non-hydrogen) atoms. The largest absolute Gasteiger partial charge is 0.382 e. The predicted octanol–water partition coefficient (Wildman–Crippen LogP) is 1.12. The predicted molar refractivity (Wildman–Crippen MR) is 60.8 cm³/mol. The van der Waals surface area contributed by atoms with Crippen molar-refractivity contribution in [2.24, 2.45) is 0 Å². The van der Waals surface area contributed by atoms with Crippen LogP contribution in [0.25, 0.3) is 0 Å². The number of carbonyl (C=O) groups excluding carboxylic acids is 1. The molecule has 0 bridgehead atoms. The van der Waals surface area contributed by atoms with E-state index in [0.717, 1.165) is 12.8 Å². The summed E-state index contributed by atoms with van der Waals surface area (Å²) in [5, 5.41) is 10.4. The minimum atomic E-state index is -0.170. The van der Waals surface area contributed by atoms with Crippen LogP contribution in [0.5, 0.6) is 0 Å². The van der Waals surface area contributed by atoms with E-state index in [9.17, 15) is 4.79 Å². The van der Waals surface area contributed by atoms with Crippen LogP contribution in [0.3, 0.4) is 0 Å². The Morgan fingerprint density at radius 1 is 1.38 bits per heavy atom. The van der Waals surface area contributed by atoms with Gasteiger partial charge in [0.25, 0.3) is 5.91 Å². The molecule has 1 aromatic heterocycles. The molecule has 1 aliphatic rings. The highest BCUT2D eigenvalue weighted by Gasteiger charge is 2.30. The number of hydrogen-bond acceptors (Lipinski definition) is 4. The minimum absolute atomic E-state index is 0.0832. The molecule has 0 saturated heterocycles. The standard InChI is InChI=1S/C11H16N4O/c1-11(6-2-3-7-11)13-10(16)8-4-5-9(12)15-14-8/h4-5H,2-3,6-7H2,1H3,(H2,12,15)(H,13,16). The van der Waals surface area contributed by atoms with Crippen molar-refractivity contribution in [2.75, 3.05) is 5.73 Å². The van der Waals surface area contributed by atoms with Crippen LogP contribution in [0, 0.1) is 0 Å². The van der Waals surface area contributed by atoms with Gasteiger partial charge in [0.2, 0.25) is 0 Å². The lowest BCUT2D eigenvalue weighted by molar-refractivity contribution is 0.0902. The summed E-state index contributed by atoms with van der Waals surface area (Å²) in [7, 11) is 0. The van der Waals surface area contributed by atoms with E-state index in [0.29, 0.717) is 11.5 Å². The molecule has 0 atom stereocenters. The van der Waals surface area contributed by atoms with E-state index in [2.05, 4.69) is 22.4 Å². The van der Waals surface area contributed by atoms with E-state index >= 15 is 0 Å². The van der Waals surface area contributed by atoms with Crippen molar-refractivity contribution in [1.82, 2.24) is 15.5 Å². The Morgan fingerprint density at radius 3 is 2.62 bits per heavy atom. The number of amides is 1. The molecule has 1 amide bonds. The van der Waals surface area contributed by atoms with Crippen LogP contribution in [0.1, 0.15) is 43.1 Å². The third-order valence-electron chi connectivity index (χ3n) is 3.04. The fourth-order valence-corrected chi connectivity index (χ4v) is 2.08. The number of nitrogens with two attached hydrogens (primary N) is 1. The number of carbonyl (C=O) groups is 1. The number of hydrogen-bond donors (Lipinski definition) is 2. The first-order valence-corrected chi connectivity index (χ1v) is 5.51. The Labute approximate surface area is 94.4 Å². The molecule has 1 fully saturated rings. The maximum absolute atomic E-state index is 11.9. The highest BCUT2D eigenvalue weighted by molar-refractivity contribution is 5.92. The Hall–Kier alpha value is -1.65. The van der Waals surface area contributed by atoms with E-state index in [1.165, 1.54) is 12.8 Å². The van der Waals surface area contributed by atoms with Gasteiger partial charge in [-0.3, -0.25) is 4.79 Å². The number of anilines is 1. The van der Waals surface area contributed by atoms with Crippen LogP contribution in [-0.2, 0) is 0 Å². The first-order chi connectivity index (χ1) is 7.59. The van der Waals surface area contributed by atoms with Crippen molar-refractivity contribution in [1.29, 1.82) is 0 Å². The van der Waals surface area contributed by atoms with Gasteiger partial charge in [-0.25, -0.2) is 0 Å².